The number of benzene rings is 1. The molecule has 1 N–H and O–H groups in total. The van der Waals surface area contributed by atoms with E-state index in [-0.39, 0.29) is 0 Å². The van der Waals surface area contributed by atoms with Gasteiger partial charge in [-0.15, -0.1) is 0 Å². The van der Waals surface area contributed by atoms with E-state index in [1.807, 2.05) is 24.3 Å². The number of nitrogens with one attached hydrogen (secondary N) is 1. The highest BCUT2D eigenvalue weighted by Gasteiger charge is 2.25. The molecular formula is C15H22BrNO2. The molecule has 1 aromatic rings. The summed E-state index contributed by atoms with van der Waals surface area (Å²) in [7, 11) is 0. The second kappa shape index (κ2) is 7.88. The summed E-state index contributed by atoms with van der Waals surface area (Å²) in [6.45, 7) is 5.71. The molecule has 1 aromatic carbocycles. The van der Waals surface area contributed by atoms with E-state index in [0.717, 1.165) is 36.3 Å². The van der Waals surface area contributed by atoms with Crippen molar-refractivity contribution in [1.82, 2.24) is 5.32 Å². The molecule has 0 aliphatic carbocycles. The van der Waals surface area contributed by atoms with Crippen molar-refractivity contribution >= 4 is 15.9 Å². The summed E-state index contributed by atoms with van der Waals surface area (Å²) in [5.74, 6) is 1.57. The van der Waals surface area contributed by atoms with Crippen LogP contribution in [0.15, 0.2) is 28.7 Å². The van der Waals surface area contributed by atoms with Gasteiger partial charge in [0.1, 0.15) is 12.4 Å². The van der Waals surface area contributed by atoms with E-state index in [9.17, 15) is 0 Å². The Morgan fingerprint density at radius 2 is 2.37 bits per heavy atom. The second-order valence-electron chi connectivity index (χ2n) is 4.88. The number of hydrogen-bond acceptors (Lipinski definition) is 3. The second-order valence-corrected chi connectivity index (χ2v) is 5.79. The van der Waals surface area contributed by atoms with E-state index in [1.54, 1.807) is 0 Å². The minimum Gasteiger partial charge on any atom is -0.492 e. The Morgan fingerprint density at radius 3 is 3.16 bits per heavy atom. The van der Waals surface area contributed by atoms with Crippen molar-refractivity contribution in [3.8, 4) is 5.75 Å². The predicted octanol–water partition coefficient (Wildman–Crippen LogP) is 3.23. The Morgan fingerprint density at radius 1 is 1.47 bits per heavy atom. The highest BCUT2D eigenvalue weighted by molar-refractivity contribution is 9.10. The average Bonchev–Trinajstić information content (AvgIpc) is 2.86. The number of rotatable bonds is 7. The summed E-state index contributed by atoms with van der Waals surface area (Å²) in [4.78, 5) is 0. The fraction of sp³-hybridized carbons (Fsp3) is 0.600. The molecule has 0 aromatic heterocycles. The van der Waals surface area contributed by atoms with Gasteiger partial charge in [0, 0.05) is 24.2 Å². The lowest BCUT2D eigenvalue weighted by molar-refractivity contribution is 0.0871. The molecule has 0 bridgehead atoms. The fourth-order valence-electron chi connectivity index (χ4n) is 2.46. The first-order valence-electron chi connectivity index (χ1n) is 7.00. The topological polar surface area (TPSA) is 30.5 Å². The smallest absolute Gasteiger partial charge is 0.120 e. The van der Waals surface area contributed by atoms with Crippen LogP contribution in [0, 0.1) is 5.92 Å². The van der Waals surface area contributed by atoms with Crippen LogP contribution in [0.5, 0.6) is 5.75 Å². The molecule has 1 aliphatic heterocycles. The fourth-order valence-corrected chi connectivity index (χ4v) is 2.84. The molecule has 0 spiro atoms. The van der Waals surface area contributed by atoms with Crippen LogP contribution in [0.4, 0.5) is 0 Å². The molecule has 2 atom stereocenters. The monoisotopic (exact) mass is 327 g/mol. The van der Waals surface area contributed by atoms with Gasteiger partial charge in [0.25, 0.3) is 0 Å². The van der Waals surface area contributed by atoms with Gasteiger partial charge in [0.15, 0.2) is 0 Å². The van der Waals surface area contributed by atoms with E-state index >= 15 is 0 Å². The van der Waals surface area contributed by atoms with E-state index < -0.39 is 0 Å². The van der Waals surface area contributed by atoms with Crippen LogP contribution in [0.2, 0.25) is 0 Å². The molecule has 0 saturated carbocycles. The quantitative estimate of drug-likeness (QED) is 0.780. The molecule has 1 heterocycles. The third kappa shape index (κ3) is 4.79. The normalized spacial score (nSPS) is 22.6. The summed E-state index contributed by atoms with van der Waals surface area (Å²) >= 11 is 3.43. The van der Waals surface area contributed by atoms with Crippen LogP contribution >= 0.6 is 15.9 Å². The molecule has 0 amide bonds. The summed E-state index contributed by atoms with van der Waals surface area (Å²) in [6.07, 6.45) is 2.73. The van der Waals surface area contributed by atoms with E-state index in [0.29, 0.717) is 18.6 Å². The van der Waals surface area contributed by atoms with Crippen LogP contribution in [0.3, 0.4) is 0 Å². The van der Waals surface area contributed by atoms with Crippen molar-refractivity contribution in [3.05, 3.63) is 28.7 Å². The van der Waals surface area contributed by atoms with Gasteiger partial charge in [-0.3, -0.25) is 0 Å². The molecule has 106 valence electrons. The predicted molar refractivity (Wildman–Crippen MR) is 80.6 cm³/mol. The molecule has 0 radical (unpaired) electrons. The van der Waals surface area contributed by atoms with Gasteiger partial charge in [0.05, 0.1) is 6.10 Å². The van der Waals surface area contributed by atoms with Gasteiger partial charge in [-0.2, -0.15) is 0 Å². The largest absolute Gasteiger partial charge is 0.492 e. The zero-order valence-corrected chi connectivity index (χ0v) is 13.0. The third-order valence-corrected chi connectivity index (χ3v) is 3.99. The summed E-state index contributed by atoms with van der Waals surface area (Å²) in [6, 6.07) is 7.94. The first-order chi connectivity index (χ1) is 9.29. The summed E-state index contributed by atoms with van der Waals surface area (Å²) in [5, 5.41) is 3.46. The average molecular weight is 328 g/mol. The minimum absolute atomic E-state index is 0.443. The Kier molecular flexibility index (Phi) is 6.14. The highest BCUT2D eigenvalue weighted by Crippen LogP contribution is 2.22. The molecule has 19 heavy (non-hydrogen) atoms. The summed E-state index contributed by atoms with van der Waals surface area (Å²) in [5.41, 5.74) is 0. The number of halogens is 1. The minimum atomic E-state index is 0.443. The van der Waals surface area contributed by atoms with E-state index in [4.69, 9.17) is 9.47 Å². The van der Waals surface area contributed by atoms with Crippen LogP contribution < -0.4 is 10.1 Å². The zero-order valence-electron chi connectivity index (χ0n) is 11.4. The molecular weight excluding hydrogens is 306 g/mol. The SMILES string of the molecule is CCC1OCCC1CNCCOc1cccc(Br)c1. The van der Waals surface area contributed by atoms with Crippen molar-refractivity contribution < 1.29 is 9.47 Å². The van der Waals surface area contributed by atoms with Crippen LogP contribution in [0.1, 0.15) is 19.8 Å². The zero-order chi connectivity index (χ0) is 13.5. The van der Waals surface area contributed by atoms with Gasteiger partial charge in [0.2, 0.25) is 0 Å². The maximum atomic E-state index is 5.68. The van der Waals surface area contributed by atoms with Gasteiger partial charge in [-0.25, -0.2) is 0 Å². The van der Waals surface area contributed by atoms with E-state index in [1.165, 1.54) is 6.42 Å². The van der Waals surface area contributed by atoms with Crippen molar-refractivity contribution in [3.63, 3.8) is 0 Å². The lowest BCUT2D eigenvalue weighted by Crippen LogP contribution is -2.30. The molecule has 3 nitrogen and oxygen atoms in total. The third-order valence-electron chi connectivity index (χ3n) is 3.50. The lowest BCUT2D eigenvalue weighted by atomic mass is 10.00. The van der Waals surface area contributed by atoms with Gasteiger partial charge >= 0.3 is 0 Å². The van der Waals surface area contributed by atoms with Crippen molar-refractivity contribution in [2.75, 3.05) is 26.3 Å². The lowest BCUT2D eigenvalue weighted by Gasteiger charge is -2.17. The van der Waals surface area contributed by atoms with Crippen molar-refractivity contribution in [2.45, 2.75) is 25.9 Å². The highest BCUT2D eigenvalue weighted by atomic mass is 79.9. The summed E-state index contributed by atoms with van der Waals surface area (Å²) < 4.78 is 12.4. The molecule has 4 heteroatoms. The molecule has 1 fully saturated rings. The van der Waals surface area contributed by atoms with E-state index in [2.05, 4.69) is 28.2 Å². The number of hydrogen-bond donors (Lipinski definition) is 1. The Hall–Kier alpha value is -0.580. The molecule has 2 unspecified atom stereocenters. The Labute approximate surface area is 123 Å². The standard InChI is InChI=1S/C15H22BrNO2/c1-2-15-12(6-8-19-15)11-17-7-9-18-14-5-3-4-13(16)10-14/h3-5,10,12,15,17H,2,6-9,11H2,1H3. The van der Waals surface area contributed by atoms with Crippen LogP contribution in [-0.2, 0) is 4.74 Å². The molecule has 1 saturated heterocycles. The maximum absolute atomic E-state index is 5.68. The molecule has 1 aliphatic rings. The Bertz CT molecular complexity index is 386. The first-order valence-corrected chi connectivity index (χ1v) is 7.79. The maximum Gasteiger partial charge on any atom is 0.120 e. The number of ether oxygens (including phenoxy) is 2. The van der Waals surface area contributed by atoms with Gasteiger partial charge < -0.3 is 14.8 Å². The van der Waals surface area contributed by atoms with Crippen molar-refractivity contribution in [1.29, 1.82) is 0 Å². The van der Waals surface area contributed by atoms with Crippen LogP contribution in [0.25, 0.3) is 0 Å². The van der Waals surface area contributed by atoms with Crippen LogP contribution in [-0.4, -0.2) is 32.4 Å². The Balaban J connectivity index is 1.59. The van der Waals surface area contributed by atoms with Crippen molar-refractivity contribution in [2.24, 2.45) is 5.92 Å². The molecule has 2 rings (SSSR count). The van der Waals surface area contributed by atoms with Gasteiger partial charge in [-0.1, -0.05) is 28.9 Å². The van der Waals surface area contributed by atoms with Gasteiger partial charge in [-0.05, 0) is 37.0 Å². The first kappa shape index (κ1) is 14.8.